The van der Waals surface area contributed by atoms with Gasteiger partial charge in [-0.2, -0.15) is 5.10 Å². The molecule has 0 bridgehead atoms. The van der Waals surface area contributed by atoms with E-state index in [-0.39, 0.29) is 12.5 Å². The van der Waals surface area contributed by atoms with Crippen LogP contribution in [-0.4, -0.2) is 47.9 Å². The lowest BCUT2D eigenvalue weighted by atomic mass is 10.2. The van der Waals surface area contributed by atoms with Gasteiger partial charge in [-0.25, -0.2) is 10.2 Å². The molecule has 0 radical (unpaired) electrons. The standard InChI is InChI=1S/C20H19IN2O5S2/c21-16-9-13(1-6-17(16)28-12-19(25)26)10-22-23-18(24)11-27-15-4-2-14(3-5-15)20-29-7-8-30-20/h1-6,9-10,20H,7-8,11-12H2,(H,23,24)(H,25,26)/b22-10-. The molecule has 1 aliphatic heterocycles. The minimum atomic E-state index is -1.04. The van der Waals surface area contributed by atoms with Crippen molar-refractivity contribution >= 4 is 64.2 Å². The zero-order valence-corrected chi connectivity index (χ0v) is 19.5. The van der Waals surface area contributed by atoms with Crippen molar-refractivity contribution in [3.63, 3.8) is 0 Å². The number of thioether (sulfide) groups is 2. The Morgan fingerprint density at radius 3 is 2.53 bits per heavy atom. The van der Waals surface area contributed by atoms with Gasteiger partial charge in [-0.05, 0) is 64.0 Å². The van der Waals surface area contributed by atoms with E-state index in [2.05, 4.69) is 10.5 Å². The van der Waals surface area contributed by atoms with Crippen LogP contribution in [0.4, 0.5) is 0 Å². The van der Waals surface area contributed by atoms with Crippen LogP contribution in [-0.2, 0) is 9.59 Å². The summed E-state index contributed by atoms with van der Waals surface area (Å²) in [6.07, 6.45) is 1.49. The molecule has 10 heteroatoms. The fourth-order valence-electron chi connectivity index (χ4n) is 2.49. The van der Waals surface area contributed by atoms with Gasteiger partial charge in [0, 0.05) is 11.5 Å². The summed E-state index contributed by atoms with van der Waals surface area (Å²) in [7, 11) is 0. The molecular formula is C20H19IN2O5S2. The van der Waals surface area contributed by atoms with Crippen LogP contribution in [0.2, 0.25) is 0 Å². The molecular weight excluding hydrogens is 539 g/mol. The predicted molar refractivity (Wildman–Crippen MR) is 128 cm³/mol. The highest BCUT2D eigenvalue weighted by Gasteiger charge is 2.18. The Balaban J connectivity index is 1.43. The molecule has 2 N–H and O–H groups in total. The average Bonchev–Trinajstić information content (AvgIpc) is 3.27. The summed E-state index contributed by atoms with van der Waals surface area (Å²) < 4.78 is 11.9. The molecule has 158 valence electrons. The summed E-state index contributed by atoms with van der Waals surface area (Å²) in [5, 5.41) is 12.6. The van der Waals surface area contributed by atoms with Gasteiger partial charge >= 0.3 is 5.97 Å². The first kappa shape index (κ1) is 22.8. The van der Waals surface area contributed by atoms with Crippen LogP contribution in [0.15, 0.2) is 47.6 Å². The summed E-state index contributed by atoms with van der Waals surface area (Å²) in [4.78, 5) is 22.5. The average molecular weight is 558 g/mol. The summed E-state index contributed by atoms with van der Waals surface area (Å²) in [5.41, 5.74) is 4.42. The summed E-state index contributed by atoms with van der Waals surface area (Å²) >= 11 is 5.93. The lowest BCUT2D eigenvalue weighted by molar-refractivity contribution is -0.139. The van der Waals surface area contributed by atoms with Gasteiger partial charge in [0.05, 0.1) is 14.4 Å². The lowest BCUT2D eigenvalue weighted by Crippen LogP contribution is -2.24. The molecule has 1 amide bonds. The normalized spacial score (nSPS) is 14.0. The van der Waals surface area contributed by atoms with E-state index in [1.165, 1.54) is 23.3 Å². The number of carboxylic acid groups (broad SMARTS) is 1. The quantitative estimate of drug-likeness (QED) is 0.275. The van der Waals surface area contributed by atoms with Gasteiger partial charge in [-0.15, -0.1) is 23.5 Å². The molecule has 1 saturated heterocycles. The number of hydrogen-bond donors (Lipinski definition) is 2. The molecule has 2 aromatic rings. The van der Waals surface area contributed by atoms with Crippen molar-refractivity contribution in [1.82, 2.24) is 5.43 Å². The molecule has 1 heterocycles. The Kier molecular flexibility index (Phi) is 8.70. The number of carbonyl (C=O) groups is 2. The number of halogens is 1. The Hall–Kier alpha value is -1.92. The smallest absolute Gasteiger partial charge is 0.341 e. The molecule has 0 spiro atoms. The van der Waals surface area contributed by atoms with Crippen LogP contribution in [0.25, 0.3) is 0 Å². The maximum Gasteiger partial charge on any atom is 0.341 e. The van der Waals surface area contributed by atoms with Crippen molar-refractivity contribution in [2.24, 2.45) is 5.10 Å². The Morgan fingerprint density at radius 1 is 1.13 bits per heavy atom. The zero-order valence-electron chi connectivity index (χ0n) is 15.7. The fraction of sp³-hybridized carbons (Fsp3) is 0.250. The second-order valence-corrected chi connectivity index (χ2v) is 9.98. The van der Waals surface area contributed by atoms with Crippen molar-refractivity contribution in [2.45, 2.75) is 4.58 Å². The van der Waals surface area contributed by atoms with E-state index in [9.17, 15) is 9.59 Å². The number of hydrogen-bond acceptors (Lipinski definition) is 7. The molecule has 0 atom stereocenters. The molecule has 1 aliphatic rings. The molecule has 0 aromatic heterocycles. The van der Waals surface area contributed by atoms with Crippen LogP contribution in [0.1, 0.15) is 15.7 Å². The number of carboxylic acids is 1. The highest BCUT2D eigenvalue weighted by molar-refractivity contribution is 14.1. The van der Waals surface area contributed by atoms with Crippen molar-refractivity contribution < 1.29 is 24.2 Å². The molecule has 2 aromatic carbocycles. The second kappa shape index (κ2) is 11.5. The molecule has 0 unspecified atom stereocenters. The van der Waals surface area contributed by atoms with Crippen molar-refractivity contribution in [3.8, 4) is 11.5 Å². The number of hydrazone groups is 1. The highest BCUT2D eigenvalue weighted by atomic mass is 127. The number of rotatable bonds is 9. The Morgan fingerprint density at radius 2 is 1.87 bits per heavy atom. The van der Waals surface area contributed by atoms with Gasteiger partial charge in [0.25, 0.3) is 5.91 Å². The highest BCUT2D eigenvalue weighted by Crippen LogP contribution is 2.45. The van der Waals surface area contributed by atoms with Crippen LogP contribution < -0.4 is 14.9 Å². The molecule has 0 aliphatic carbocycles. The number of carbonyl (C=O) groups excluding carboxylic acids is 1. The maximum atomic E-state index is 11.9. The summed E-state index contributed by atoms with van der Waals surface area (Å²) in [6, 6.07) is 13.0. The number of nitrogens with one attached hydrogen (secondary N) is 1. The van der Waals surface area contributed by atoms with Crippen LogP contribution in [0.3, 0.4) is 0 Å². The van der Waals surface area contributed by atoms with E-state index in [4.69, 9.17) is 14.6 Å². The van der Waals surface area contributed by atoms with Crippen LogP contribution in [0.5, 0.6) is 11.5 Å². The largest absolute Gasteiger partial charge is 0.484 e. The van der Waals surface area contributed by atoms with Gasteiger partial charge < -0.3 is 14.6 Å². The van der Waals surface area contributed by atoms with Crippen molar-refractivity contribution in [1.29, 1.82) is 0 Å². The Bertz CT molecular complexity index is 918. The molecule has 1 fully saturated rings. The first-order chi connectivity index (χ1) is 14.5. The topological polar surface area (TPSA) is 97.2 Å². The fourth-order valence-corrected chi connectivity index (χ4v) is 6.04. The van der Waals surface area contributed by atoms with E-state index in [0.29, 0.717) is 16.1 Å². The van der Waals surface area contributed by atoms with E-state index in [0.717, 1.165) is 9.13 Å². The van der Waals surface area contributed by atoms with E-state index in [1.54, 1.807) is 18.2 Å². The van der Waals surface area contributed by atoms with Gasteiger partial charge in [0.2, 0.25) is 0 Å². The molecule has 7 nitrogen and oxygen atoms in total. The molecule has 0 saturated carbocycles. The third kappa shape index (κ3) is 7.10. The predicted octanol–water partition coefficient (Wildman–Crippen LogP) is 3.76. The monoisotopic (exact) mass is 558 g/mol. The SMILES string of the molecule is O=C(O)COc1ccc(/C=N\NC(=O)COc2ccc(C3SCCS3)cc2)cc1I. The maximum absolute atomic E-state index is 11.9. The van der Waals surface area contributed by atoms with Gasteiger partial charge in [-0.1, -0.05) is 12.1 Å². The van der Waals surface area contributed by atoms with Crippen molar-refractivity contribution in [3.05, 3.63) is 57.2 Å². The third-order valence-electron chi connectivity index (χ3n) is 3.85. The first-order valence-corrected chi connectivity index (χ1v) is 12.1. The van der Waals surface area contributed by atoms with Gasteiger partial charge in [-0.3, -0.25) is 4.79 Å². The summed E-state index contributed by atoms with van der Waals surface area (Å²) in [6.45, 7) is -0.538. The minimum Gasteiger partial charge on any atom is -0.484 e. The zero-order chi connectivity index (χ0) is 21.3. The van der Waals surface area contributed by atoms with E-state index < -0.39 is 12.6 Å². The number of aliphatic carboxylic acids is 1. The first-order valence-electron chi connectivity index (χ1n) is 8.93. The number of nitrogens with zero attached hydrogens (tertiary/aromatic N) is 1. The summed E-state index contributed by atoms with van der Waals surface area (Å²) in [5.74, 6) is 2.06. The van der Waals surface area contributed by atoms with E-state index in [1.807, 2.05) is 70.4 Å². The number of ether oxygens (including phenoxy) is 2. The minimum absolute atomic E-state index is 0.136. The van der Waals surface area contributed by atoms with Crippen LogP contribution in [0, 0.1) is 3.57 Å². The lowest BCUT2D eigenvalue weighted by Gasteiger charge is -2.10. The molecule has 30 heavy (non-hydrogen) atoms. The van der Waals surface area contributed by atoms with E-state index >= 15 is 0 Å². The van der Waals surface area contributed by atoms with Crippen molar-refractivity contribution in [2.75, 3.05) is 24.7 Å². The third-order valence-corrected chi connectivity index (χ3v) is 7.80. The molecule has 3 rings (SSSR count). The second-order valence-electron chi connectivity index (χ2n) is 6.10. The van der Waals surface area contributed by atoms with Gasteiger partial charge in [0.15, 0.2) is 13.2 Å². The Labute approximate surface area is 196 Å². The van der Waals surface area contributed by atoms with Crippen LogP contribution >= 0.6 is 46.1 Å². The van der Waals surface area contributed by atoms with Gasteiger partial charge in [0.1, 0.15) is 11.5 Å². The number of benzene rings is 2. The number of amides is 1.